The van der Waals surface area contributed by atoms with E-state index in [0.717, 1.165) is 6.07 Å². The second kappa shape index (κ2) is 4.36. The van der Waals surface area contributed by atoms with E-state index in [1.165, 1.54) is 19.1 Å². The van der Waals surface area contributed by atoms with Crippen LogP contribution in [0, 0.1) is 18.2 Å². The molecule has 0 N–H and O–H groups in total. The van der Waals surface area contributed by atoms with E-state index in [2.05, 4.69) is 5.92 Å². The van der Waals surface area contributed by atoms with E-state index in [1.54, 1.807) is 13.8 Å². The van der Waals surface area contributed by atoms with Gasteiger partial charge in [-0.1, -0.05) is 5.92 Å². The Bertz CT molecular complexity index is 455. The van der Waals surface area contributed by atoms with Gasteiger partial charge in [0, 0.05) is 5.56 Å². The summed E-state index contributed by atoms with van der Waals surface area (Å²) in [5.74, 6) is 1.67. The quantitative estimate of drug-likeness (QED) is 0.578. The Kier molecular flexibility index (Phi) is 3.34. The van der Waals surface area contributed by atoms with Crippen LogP contribution in [0.2, 0.25) is 0 Å². The lowest BCUT2D eigenvalue weighted by atomic mass is 10.1. The molecular formula is C13H13FO2. The molecule has 0 amide bonds. The molecule has 1 aromatic carbocycles. The van der Waals surface area contributed by atoms with E-state index in [0.29, 0.717) is 5.56 Å². The predicted octanol–water partition coefficient (Wildman–Crippen LogP) is 2.82. The maximum atomic E-state index is 13.5. The van der Waals surface area contributed by atoms with Crippen molar-refractivity contribution in [3.63, 3.8) is 0 Å². The van der Waals surface area contributed by atoms with Gasteiger partial charge in [0.25, 0.3) is 0 Å². The highest BCUT2D eigenvalue weighted by Crippen LogP contribution is 2.23. The van der Waals surface area contributed by atoms with Crippen molar-refractivity contribution >= 4 is 5.78 Å². The highest BCUT2D eigenvalue weighted by atomic mass is 19.1. The van der Waals surface area contributed by atoms with Crippen LogP contribution in [-0.4, -0.2) is 11.4 Å². The summed E-state index contributed by atoms with van der Waals surface area (Å²) >= 11 is 0. The zero-order chi connectivity index (χ0) is 12.3. The molecule has 2 nitrogen and oxygen atoms in total. The summed E-state index contributed by atoms with van der Waals surface area (Å²) in [6.45, 7) is 4.69. The monoisotopic (exact) mass is 220 g/mol. The molecule has 0 bridgehead atoms. The third-order valence-electron chi connectivity index (χ3n) is 2.05. The Balaban J connectivity index is 3.02. The van der Waals surface area contributed by atoms with Crippen molar-refractivity contribution in [2.45, 2.75) is 26.4 Å². The molecule has 0 fully saturated rings. The van der Waals surface area contributed by atoms with Crippen molar-refractivity contribution in [2.75, 3.05) is 0 Å². The van der Waals surface area contributed by atoms with Gasteiger partial charge in [-0.2, -0.15) is 0 Å². The van der Waals surface area contributed by atoms with Gasteiger partial charge in [-0.05, 0) is 39.0 Å². The van der Waals surface area contributed by atoms with Crippen LogP contribution < -0.4 is 4.74 Å². The number of rotatable bonds is 3. The first-order chi connectivity index (χ1) is 7.35. The third-order valence-corrected chi connectivity index (χ3v) is 2.05. The van der Waals surface area contributed by atoms with Crippen LogP contribution in [0.4, 0.5) is 4.39 Å². The number of Topliss-reactive ketones (excluding diaryl/α,β-unsaturated/α-hetero) is 1. The van der Waals surface area contributed by atoms with Gasteiger partial charge < -0.3 is 4.74 Å². The number of carbonyl (C=O) groups is 1. The fourth-order valence-electron chi connectivity index (χ4n) is 1.11. The highest BCUT2D eigenvalue weighted by Gasteiger charge is 2.18. The van der Waals surface area contributed by atoms with E-state index in [4.69, 9.17) is 11.2 Å². The number of hydrogen-bond acceptors (Lipinski definition) is 2. The smallest absolute Gasteiger partial charge is 0.165 e. The first-order valence-corrected chi connectivity index (χ1v) is 4.83. The van der Waals surface area contributed by atoms with Crippen LogP contribution in [0.5, 0.6) is 5.75 Å². The van der Waals surface area contributed by atoms with Crippen molar-refractivity contribution < 1.29 is 13.9 Å². The van der Waals surface area contributed by atoms with Gasteiger partial charge in [-0.25, -0.2) is 4.39 Å². The largest absolute Gasteiger partial charge is 0.472 e. The van der Waals surface area contributed by atoms with Crippen molar-refractivity contribution in [2.24, 2.45) is 0 Å². The number of terminal acetylenes is 1. The molecule has 16 heavy (non-hydrogen) atoms. The Hall–Kier alpha value is -1.82. The van der Waals surface area contributed by atoms with E-state index < -0.39 is 11.4 Å². The Morgan fingerprint density at radius 3 is 2.56 bits per heavy atom. The van der Waals surface area contributed by atoms with Gasteiger partial charge in [-0.3, -0.25) is 4.79 Å². The normalized spacial score (nSPS) is 10.7. The summed E-state index contributed by atoms with van der Waals surface area (Å²) in [6.07, 6.45) is 5.23. The summed E-state index contributed by atoms with van der Waals surface area (Å²) in [7, 11) is 0. The fourth-order valence-corrected chi connectivity index (χ4v) is 1.11. The van der Waals surface area contributed by atoms with Crippen molar-refractivity contribution in [3.8, 4) is 18.1 Å². The first kappa shape index (κ1) is 12.3. The van der Waals surface area contributed by atoms with Crippen LogP contribution in [0.15, 0.2) is 18.2 Å². The van der Waals surface area contributed by atoms with Crippen LogP contribution in [-0.2, 0) is 0 Å². The Labute approximate surface area is 94.4 Å². The van der Waals surface area contributed by atoms with E-state index in [-0.39, 0.29) is 11.5 Å². The lowest BCUT2D eigenvalue weighted by Gasteiger charge is -2.20. The van der Waals surface area contributed by atoms with Gasteiger partial charge in [0.05, 0.1) is 0 Å². The number of benzene rings is 1. The second-order valence-electron chi connectivity index (χ2n) is 3.96. The van der Waals surface area contributed by atoms with Gasteiger partial charge in [0.1, 0.15) is 0 Å². The minimum absolute atomic E-state index is 0.0490. The van der Waals surface area contributed by atoms with E-state index in [9.17, 15) is 9.18 Å². The van der Waals surface area contributed by atoms with Crippen LogP contribution in [0.3, 0.4) is 0 Å². The van der Waals surface area contributed by atoms with E-state index >= 15 is 0 Å². The molecule has 0 heterocycles. The van der Waals surface area contributed by atoms with Gasteiger partial charge in [0.2, 0.25) is 0 Å². The molecule has 3 heteroatoms. The van der Waals surface area contributed by atoms with Crippen LogP contribution >= 0.6 is 0 Å². The summed E-state index contributed by atoms with van der Waals surface area (Å²) < 4.78 is 18.8. The van der Waals surface area contributed by atoms with E-state index in [1.807, 2.05) is 0 Å². The average molecular weight is 220 g/mol. The molecule has 0 spiro atoms. The second-order valence-corrected chi connectivity index (χ2v) is 3.96. The average Bonchev–Trinajstić information content (AvgIpc) is 2.20. The molecule has 84 valence electrons. The molecule has 0 aromatic heterocycles. The maximum absolute atomic E-state index is 13.5. The fraction of sp³-hybridized carbons (Fsp3) is 0.308. The van der Waals surface area contributed by atoms with Gasteiger partial charge in [0.15, 0.2) is 23.0 Å². The summed E-state index contributed by atoms with van der Waals surface area (Å²) in [5.41, 5.74) is -0.568. The molecule has 0 radical (unpaired) electrons. The highest BCUT2D eigenvalue weighted by molar-refractivity contribution is 5.94. The standard InChI is InChI=1S/C13H13FO2/c1-5-13(3,4)16-12-7-6-10(9(2)15)8-11(12)14/h1,6-8H,2-4H3. The molecular weight excluding hydrogens is 207 g/mol. The molecule has 0 aliphatic carbocycles. The number of ketones is 1. The zero-order valence-electron chi connectivity index (χ0n) is 9.50. The summed E-state index contributed by atoms with van der Waals surface area (Å²) in [5, 5.41) is 0. The topological polar surface area (TPSA) is 26.3 Å². The number of ether oxygens (including phenoxy) is 1. The van der Waals surface area contributed by atoms with Gasteiger partial charge in [-0.15, -0.1) is 6.42 Å². The van der Waals surface area contributed by atoms with Gasteiger partial charge >= 0.3 is 0 Å². The molecule has 0 atom stereocenters. The lowest BCUT2D eigenvalue weighted by molar-refractivity contribution is 0.101. The first-order valence-electron chi connectivity index (χ1n) is 4.83. The Morgan fingerprint density at radius 1 is 1.50 bits per heavy atom. The molecule has 0 unspecified atom stereocenters. The summed E-state index contributed by atoms with van der Waals surface area (Å²) in [4.78, 5) is 11.0. The number of hydrogen-bond donors (Lipinski definition) is 0. The van der Waals surface area contributed by atoms with Crippen molar-refractivity contribution in [3.05, 3.63) is 29.6 Å². The molecule has 1 aromatic rings. The molecule has 0 aliphatic rings. The molecule has 0 aliphatic heterocycles. The van der Waals surface area contributed by atoms with Crippen molar-refractivity contribution in [1.82, 2.24) is 0 Å². The SMILES string of the molecule is C#CC(C)(C)Oc1ccc(C(C)=O)cc1F. The zero-order valence-corrected chi connectivity index (χ0v) is 9.50. The van der Waals surface area contributed by atoms with Crippen LogP contribution in [0.1, 0.15) is 31.1 Å². The minimum Gasteiger partial charge on any atom is -0.472 e. The maximum Gasteiger partial charge on any atom is 0.165 e. The minimum atomic E-state index is -0.876. The predicted molar refractivity (Wildman–Crippen MR) is 59.9 cm³/mol. The number of halogens is 1. The van der Waals surface area contributed by atoms with Crippen molar-refractivity contribution in [1.29, 1.82) is 0 Å². The third kappa shape index (κ3) is 2.83. The number of carbonyl (C=O) groups excluding carboxylic acids is 1. The molecule has 0 saturated carbocycles. The van der Waals surface area contributed by atoms with Crippen LogP contribution in [0.25, 0.3) is 0 Å². The molecule has 1 rings (SSSR count). The Morgan fingerprint density at radius 2 is 2.12 bits per heavy atom. The lowest BCUT2D eigenvalue weighted by Crippen LogP contribution is -2.26. The summed E-state index contributed by atoms with van der Waals surface area (Å²) in [6, 6.07) is 4.06. The molecule has 0 saturated heterocycles.